The largest absolute Gasteiger partial charge is 0.497 e. The van der Waals surface area contributed by atoms with Gasteiger partial charge in [0, 0.05) is 0 Å². The topological polar surface area (TPSA) is 114 Å². The number of thiazole rings is 1. The van der Waals surface area contributed by atoms with Gasteiger partial charge in [0.15, 0.2) is 0 Å². The number of aromatic nitrogens is 1. The third-order valence-electron chi connectivity index (χ3n) is 5.25. The molecule has 8 heteroatoms. The summed E-state index contributed by atoms with van der Waals surface area (Å²) in [5, 5.41) is 20.4. The fourth-order valence-electron chi connectivity index (χ4n) is 3.79. The molecular weight excluding hydrogens is 424 g/mol. The molecule has 0 aliphatic carbocycles. The summed E-state index contributed by atoms with van der Waals surface area (Å²) in [6.07, 6.45) is 1.81. The van der Waals surface area contributed by atoms with Gasteiger partial charge in [0.1, 0.15) is 17.3 Å². The second kappa shape index (κ2) is 8.46. The molecule has 0 spiro atoms. The molecule has 1 aliphatic rings. The first kappa shape index (κ1) is 21.0. The third kappa shape index (κ3) is 3.43. The summed E-state index contributed by atoms with van der Waals surface area (Å²) < 4.78 is 12.4. The average Bonchev–Trinajstić information content (AvgIpc) is 3.14. The molecule has 2 aromatic carbocycles. The molecule has 32 heavy (non-hydrogen) atoms. The molecule has 0 saturated carbocycles. The molecule has 0 amide bonds. The molecule has 0 unspecified atom stereocenters. The Morgan fingerprint density at radius 3 is 2.34 bits per heavy atom. The fraction of sp³-hybridized carbons (Fsp3) is 0.125. The molecule has 4 rings (SSSR count). The summed E-state index contributed by atoms with van der Waals surface area (Å²) >= 11 is 0.970. The van der Waals surface area contributed by atoms with Gasteiger partial charge in [0.05, 0.1) is 53.3 Å². The highest BCUT2D eigenvalue weighted by Gasteiger charge is 2.32. The first-order chi connectivity index (χ1) is 15.5. The van der Waals surface area contributed by atoms with Crippen molar-refractivity contribution in [3.05, 3.63) is 84.8 Å². The summed E-state index contributed by atoms with van der Waals surface area (Å²) in [5.41, 5.74) is 8.21. The van der Waals surface area contributed by atoms with Crippen LogP contribution < -0.4 is 30.0 Å². The molecular formula is C24H18N4O3S. The van der Waals surface area contributed by atoms with Crippen LogP contribution in [0.5, 0.6) is 11.5 Å². The standard InChI is InChI=1S/C24H18N4O3S/c1-30-16-7-3-5-14(9-16)10-20-22-18(12-25)21(15-6-4-8-17(11-15)31-2)19(13-26)23(27)28(22)24(29)32-20/h3-11,21H,27H2,1-2H3/t21-/m1/s1. The van der Waals surface area contributed by atoms with Crippen LogP contribution in [0.1, 0.15) is 17.0 Å². The number of rotatable bonds is 4. The number of nitrogens with zero attached hydrogens (tertiary/aromatic N) is 3. The quantitative estimate of drug-likeness (QED) is 0.660. The Morgan fingerprint density at radius 2 is 1.69 bits per heavy atom. The molecule has 158 valence electrons. The van der Waals surface area contributed by atoms with E-state index in [0.29, 0.717) is 26.9 Å². The van der Waals surface area contributed by atoms with Crippen molar-refractivity contribution in [3.8, 4) is 23.6 Å². The third-order valence-corrected chi connectivity index (χ3v) is 6.13. The van der Waals surface area contributed by atoms with Crippen LogP contribution in [0, 0.1) is 22.7 Å². The van der Waals surface area contributed by atoms with Crippen LogP contribution in [-0.2, 0) is 0 Å². The van der Waals surface area contributed by atoms with Crippen molar-refractivity contribution in [2.45, 2.75) is 5.92 Å². The monoisotopic (exact) mass is 442 g/mol. The Kier molecular flexibility index (Phi) is 5.55. The minimum Gasteiger partial charge on any atom is -0.497 e. The molecule has 7 nitrogen and oxygen atoms in total. The maximum absolute atomic E-state index is 12.8. The smallest absolute Gasteiger partial charge is 0.313 e. The van der Waals surface area contributed by atoms with Gasteiger partial charge in [-0.1, -0.05) is 35.6 Å². The normalized spacial score (nSPS) is 15.7. The van der Waals surface area contributed by atoms with E-state index in [1.807, 2.05) is 30.3 Å². The maximum Gasteiger partial charge on any atom is 0.313 e. The first-order valence-corrected chi connectivity index (χ1v) is 10.4. The molecule has 0 bridgehead atoms. The van der Waals surface area contributed by atoms with E-state index in [1.165, 1.54) is 4.57 Å². The molecule has 0 radical (unpaired) electrons. The van der Waals surface area contributed by atoms with Gasteiger partial charge in [-0.3, -0.25) is 9.36 Å². The molecule has 2 N–H and O–H groups in total. The van der Waals surface area contributed by atoms with Gasteiger partial charge in [-0.2, -0.15) is 10.5 Å². The van der Waals surface area contributed by atoms with E-state index in [1.54, 1.807) is 38.5 Å². The minimum absolute atomic E-state index is 0.0286. The number of allylic oxidation sites excluding steroid dienone is 1. The number of hydrogen-bond acceptors (Lipinski definition) is 7. The molecule has 1 atom stereocenters. The summed E-state index contributed by atoms with van der Waals surface area (Å²) in [7, 11) is 3.12. The molecule has 0 saturated heterocycles. The van der Waals surface area contributed by atoms with E-state index < -0.39 is 5.92 Å². The Labute approximate surface area is 187 Å². The van der Waals surface area contributed by atoms with Crippen molar-refractivity contribution in [1.82, 2.24) is 4.57 Å². The van der Waals surface area contributed by atoms with Gasteiger partial charge in [0.2, 0.25) is 0 Å². The molecule has 1 aromatic heterocycles. The fourth-order valence-corrected chi connectivity index (χ4v) is 4.75. The van der Waals surface area contributed by atoms with Gasteiger partial charge in [-0.05, 0) is 41.5 Å². The summed E-state index contributed by atoms with van der Waals surface area (Å²) in [5.74, 6) is 0.573. The molecule has 1 aliphatic heterocycles. The van der Waals surface area contributed by atoms with E-state index in [0.717, 1.165) is 16.9 Å². The van der Waals surface area contributed by atoms with E-state index in [2.05, 4.69) is 12.1 Å². The SMILES string of the molecule is COc1cccc(C=c2sc(=O)n3c2=C(C#N)[C@@H](c2cccc(OC)c2)C(C#N)=C3N)c1. The van der Waals surface area contributed by atoms with E-state index in [9.17, 15) is 15.3 Å². The van der Waals surface area contributed by atoms with E-state index in [-0.39, 0.29) is 21.8 Å². The number of nitrogens with two attached hydrogens (primary N) is 1. The van der Waals surface area contributed by atoms with Gasteiger partial charge in [0.25, 0.3) is 0 Å². The lowest BCUT2D eigenvalue weighted by molar-refractivity contribution is 0.414. The highest BCUT2D eigenvalue weighted by Crippen LogP contribution is 2.36. The second-order valence-electron chi connectivity index (χ2n) is 6.98. The van der Waals surface area contributed by atoms with E-state index in [4.69, 9.17) is 15.2 Å². The van der Waals surface area contributed by atoms with E-state index >= 15 is 0 Å². The number of hydrogen-bond donors (Lipinski definition) is 1. The summed E-state index contributed by atoms with van der Waals surface area (Å²) in [4.78, 5) is 12.5. The Balaban J connectivity index is 2.09. The van der Waals surface area contributed by atoms with Crippen LogP contribution in [0.2, 0.25) is 0 Å². The highest BCUT2D eigenvalue weighted by atomic mass is 32.1. The van der Waals surface area contributed by atoms with Gasteiger partial charge >= 0.3 is 4.87 Å². The average molecular weight is 443 g/mol. The summed E-state index contributed by atoms with van der Waals surface area (Å²) in [6.45, 7) is 0. The zero-order chi connectivity index (χ0) is 22.8. The number of methoxy groups -OCH3 is 2. The van der Waals surface area contributed by atoms with Crippen molar-refractivity contribution >= 4 is 28.8 Å². The minimum atomic E-state index is -0.716. The number of fused-ring (bicyclic) bond motifs is 1. The summed E-state index contributed by atoms with van der Waals surface area (Å²) in [6, 6.07) is 18.8. The lowest BCUT2D eigenvalue weighted by Crippen LogP contribution is -2.41. The predicted octanol–water partition coefficient (Wildman–Crippen LogP) is 1.88. The number of nitriles is 2. The van der Waals surface area contributed by atoms with Gasteiger partial charge in [-0.15, -0.1) is 0 Å². The zero-order valence-electron chi connectivity index (χ0n) is 17.3. The Hall–Kier alpha value is -4.27. The molecule has 3 aromatic rings. The van der Waals surface area contributed by atoms with Crippen LogP contribution in [0.4, 0.5) is 0 Å². The van der Waals surface area contributed by atoms with Gasteiger partial charge < -0.3 is 15.2 Å². The van der Waals surface area contributed by atoms with Crippen LogP contribution in [-0.4, -0.2) is 18.8 Å². The number of ether oxygens (including phenoxy) is 2. The van der Waals surface area contributed by atoms with Crippen molar-refractivity contribution in [2.24, 2.45) is 5.73 Å². The molecule has 2 heterocycles. The lowest BCUT2D eigenvalue weighted by Gasteiger charge is -2.23. The van der Waals surface area contributed by atoms with Crippen LogP contribution in [0.3, 0.4) is 0 Å². The second-order valence-corrected chi connectivity index (χ2v) is 7.98. The van der Waals surface area contributed by atoms with Crippen molar-refractivity contribution in [3.63, 3.8) is 0 Å². The van der Waals surface area contributed by atoms with Crippen LogP contribution in [0.15, 0.2) is 58.9 Å². The Morgan fingerprint density at radius 1 is 1.03 bits per heavy atom. The number of benzene rings is 2. The van der Waals surface area contributed by atoms with Crippen LogP contribution >= 0.6 is 11.3 Å². The van der Waals surface area contributed by atoms with Crippen molar-refractivity contribution < 1.29 is 9.47 Å². The van der Waals surface area contributed by atoms with Crippen LogP contribution in [0.25, 0.3) is 17.5 Å². The Bertz CT molecular complexity index is 1520. The zero-order valence-corrected chi connectivity index (χ0v) is 18.1. The maximum atomic E-state index is 12.8. The van der Waals surface area contributed by atoms with Gasteiger partial charge in [-0.25, -0.2) is 0 Å². The van der Waals surface area contributed by atoms with Crippen molar-refractivity contribution in [2.75, 3.05) is 14.2 Å². The lowest BCUT2D eigenvalue weighted by atomic mass is 9.83. The van der Waals surface area contributed by atoms with Crippen molar-refractivity contribution in [1.29, 1.82) is 10.5 Å². The molecule has 0 fully saturated rings. The highest BCUT2D eigenvalue weighted by molar-refractivity contribution is 7.07. The first-order valence-electron chi connectivity index (χ1n) is 9.58. The predicted molar refractivity (Wildman–Crippen MR) is 122 cm³/mol.